The van der Waals surface area contributed by atoms with Crippen LogP contribution in [0.2, 0.25) is 0 Å². The van der Waals surface area contributed by atoms with Gasteiger partial charge < -0.3 is 37.9 Å². The molecule has 1 aromatic heterocycles. The van der Waals surface area contributed by atoms with E-state index in [-0.39, 0.29) is 11.1 Å². The van der Waals surface area contributed by atoms with E-state index < -0.39 is 24.1 Å². The Hall–Kier alpha value is -4.71. The fraction of sp³-hybridized carbons (Fsp3) is 0.406. The Morgan fingerprint density at radius 3 is 1.41 bits per heavy atom. The number of hydrogen-bond acceptors (Lipinski definition) is 12. The smallest absolute Gasteiger partial charge is 0.338 e. The third kappa shape index (κ3) is 8.66. The van der Waals surface area contributed by atoms with Crippen LogP contribution in [0.5, 0.6) is 34.5 Å². The number of ether oxygens (including phenoxy) is 8. The molecule has 0 saturated carbocycles. The Kier molecular flexibility index (Phi) is 12.5. The number of esters is 2. The van der Waals surface area contributed by atoms with Crippen LogP contribution in [0.25, 0.3) is 0 Å². The summed E-state index contributed by atoms with van der Waals surface area (Å²) >= 11 is 0. The van der Waals surface area contributed by atoms with Crippen LogP contribution in [0.3, 0.4) is 0 Å². The summed E-state index contributed by atoms with van der Waals surface area (Å²) < 4.78 is 43.7. The maximum atomic E-state index is 13.1. The van der Waals surface area contributed by atoms with Gasteiger partial charge in [-0.2, -0.15) is 0 Å². The lowest BCUT2D eigenvalue weighted by atomic mass is 10.1. The van der Waals surface area contributed by atoms with Gasteiger partial charge in [-0.3, -0.25) is 9.88 Å². The van der Waals surface area contributed by atoms with Crippen LogP contribution >= 0.6 is 0 Å². The molecule has 0 aliphatic heterocycles. The fourth-order valence-corrected chi connectivity index (χ4v) is 4.65. The summed E-state index contributed by atoms with van der Waals surface area (Å²) in [5.74, 6) is 0.995. The lowest BCUT2D eigenvalue weighted by molar-refractivity contribution is 0.00987. The van der Waals surface area contributed by atoms with E-state index in [2.05, 4.69) is 4.98 Å². The largest absolute Gasteiger partial charge is 0.493 e. The summed E-state index contributed by atoms with van der Waals surface area (Å²) in [4.78, 5) is 32.4. The first kappa shape index (κ1) is 33.8. The predicted molar refractivity (Wildman–Crippen MR) is 161 cm³/mol. The van der Waals surface area contributed by atoms with E-state index in [0.29, 0.717) is 54.1 Å². The highest BCUT2D eigenvalue weighted by molar-refractivity contribution is 5.92. The van der Waals surface area contributed by atoms with Crippen LogP contribution in [0.4, 0.5) is 0 Å². The molecule has 2 aromatic carbocycles. The molecule has 0 bridgehead atoms. The predicted octanol–water partition coefficient (Wildman–Crippen LogP) is 4.43. The van der Waals surface area contributed by atoms with Crippen molar-refractivity contribution < 1.29 is 47.5 Å². The Bertz CT molecular complexity index is 1260. The van der Waals surface area contributed by atoms with Gasteiger partial charge in [0, 0.05) is 32.0 Å². The van der Waals surface area contributed by atoms with E-state index >= 15 is 0 Å². The second-order valence-corrected chi connectivity index (χ2v) is 9.82. The monoisotopic (exact) mass is 612 g/mol. The van der Waals surface area contributed by atoms with Gasteiger partial charge in [0.05, 0.1) is 53.8 Å². The van der Waals surface area contributed by atoms with E-state index in [1.165, 1.54) is 66.9 Å². The molecule has 0 amide bonds. The van der Waals surface area contributed by atoms with Crippen LogP contribution in [0, 0.1) is 0 Å². The number of pyridine rings is 1. The van der Waals surface area contributed by atoms with Crippen LogP contribution in [-0.2, 0) is 16.0 Å². The number of nitrogens with zero attached hydrogens (tertiary/aromatic N) is 2. The van der Waals surface area contributed by atoms with Gasteiger partial charge in [-0.05, 0) is 49.7 Å². The van der Waals surface area contributed by atoms with Crippen LogP contribution in [0.15, 0.2) is 48.8 Å². The van der Waals surface area contributed by atoms with Crippen molar-refractivity contribution in [1.82, 2.24) is 9.88 Å². The average molecular weight is 613 g/mol. The Morgan fingerprint density at radius 1 is 0.682 bits per heavy atom. The fourth-order valence-electron chi connectivity index (χ4n) is 4.65. The first-order valence-corrected chi connectivity index (χ1v) is 13.8. The van der Waals surface area contributed by atoms with Crippen LogP contribution in [-0.4, -0.2) is 89.8 Å². The molecule has 2 atom stereocenters. The number of methoxy groups -OCH3 is 6. The van der Waals surface area contributed by atoms with E-state index in [1.54, 1.807) is 26.2 Å². The minimum Gasteiger partial charge on any atom is -0.493 e. The highest BCUT2D eigenvalue weighted by Crippen LogP contribution is 2.39. The van der Waals surface area contributed by atoms with Gasteiger partial charge in [-0.25, -0.2) is 9.59 Å². The Balaban J connectivity index is 1.74. The van der Waals surface area contributed by atoms with Crippen molar-refractivity contribution >= 4 is 11.9 Å². The highest BCUT2D eigenvalue weighted by Gasteiger charge is 2.24. The summed E-state index contributed by atoms with van der Waals surface area (Å²) in [6, 6.07) is 9.93. The summed E-state index contributed by atoms with van der Waals surface area (Å²) in [6.07, 6.45) is 2.39. The zero-order chi connectivity index (χ0) is 32.2. The van der Waals surface area contributed by atoms with Crippen LogP contribution < -0.4 is 28.4 Å². The minimum absolute atomic E-state index is 0.248. The third-order valence-electron chi connectivity index (χ3n) is 6.58. The zero-order valence-corrected chi connectivity index (χ0v) is 26.4. The molecule has 3 aromatic rings. The Labute approximate surface area is 257 Å². The molecule has 0 aliphatic rings. The minimum atomic E-state index is -0.556. The number of hydrogen-bond donors (Lipinski definition) is 0. The van der Waals surface area contributed by atoms with Crippen LogP contribution in [0.1, 0.15) is 40.1 Å². The van der Waals surface area contributed by atoms with Crippen molar-refractivity contribution in [2.75, 3.05) is 55.7 Å². The van der Waals surface area contributed by atoms with Crippen molar-refractivity contribution in [1.29, 1.82) is 0 Å². The van der Waals surface area contributed by atoms with Gasteiger partial charge in [0.2, 0.25) is 11.5 Å². The third-order valence-corrected chi connectivity index (χ3v) is 6.58. The first-order chi connectivity index (χ1) is 21.2. The lowest BCUT2D eigenvalue weighted by Crippen LogP contribution is -2.39. The number of aromatic nitrogens is 1. The van der Waals surface area contributed by atoms with Gasteiger partial charge in [-0.1, -0.05) is 6.07 Å². The Morgan fingerprint density at radius 2 is 1.09 bits per heavy atom. The maximum Gasteiger partial charge on any atom is 0.338 e. The van der Waals surface area contributed by atoms with Gasteiger partial charge in [-0.15, -0.1) is 0 Å². The van der Waals surface area contributed by atoms with Gasteiger partial charge in [0.1, 0.15) is 12.2 Å². The molecule has 0 fully saturated rings. The number of rotatable bonds is 16. The lowest BCUT2D eigenvalue weighted by Gasteiger charge is -2.28. The number of carbonyl (C=O) groups is 2. The molecule has 12 heteroatoms. The van der Waals surface area contributed by atoms with Crippen molar-refractivity contribution in [3.05, 3.63) is 65.5 Å². The van der Waals surface area contributed by atoms with Gasteiger partial charge in [0.25, 0.3) is 0 Å². The molecule has 0 spiro atoms. The summed E-state index contributed by atoms with van der Waals surface area (Å²) in [7, 11) is 8.87. The highest BCUT2D eigenvalue weighted by atomic mass is 16.6. The van der Waals surface area contributed by atoms with Gasteiger partial charge >= 0.3 is 11.9 Å². The average Bonchev–Trinajstić information content (AvgIpc) is 3.03. The van der Waals surface area contributed by atoms with Crippen molar-refractivity contribution in [3.8, 4) is 34.5 Å². The molecule has 0 aliphatic carbocycles. The normalized spacial score (nSPS) is 12.1. The topological polar surface area (TPSA) is 124 Å². The molecular weight excluding hydrogens is 572 g/mol. The molecular formula is C32H40N2O10. The molecule has 238 valence electrons. The number of carbonyl (C=O) groups excluding carboxylic acids is 2. The molecule has 12 nitrogen and oxygen atoms in total. The molecule has 1 heterocycles. The molecule has 2 unspecified atom stereocenters. The molecule has 44 heavy (non-hydrogen) atoms. The van der Waals surface area contributed by atoms with E-state index in [9.17, 15) is 9.59 Å². The summed E-state index contributed by atoms with van der Waals surface area (Å²) in [5.41, 5.74) is 1.44. The summed E-state index contributed by atoms with van der Waals surface area (Å²) in [6.45, 7) is 4.75. The van der Waals surface area contributed by atoms with Gasteiger partial charge in [0.15, 0.2) is 23.0 Å². The van der Waals surface area contributed by atoms with E-state index in [0.717, 1.165) is 5.56 Å². The van der Waals surface area contributed by atoms with Crippen molar-refractivity contribution in [3.63, 3.8) is 0 Å². The second-order valence-electron chi connectivity index (χ2n) is 9.82. The maximum absolute atomic E-state index is 13.1. The van der Waals surface area contributed by atoms with Crippen molar-refractivity contribution in [2.24, 2.45) is 0 Å². The SMILES string of the molecule is COc1cc(C(=O)OC(C)CN(Cc2cccnc2)CC(C)OC(=O)c2cc(OC)c(OC)c(OC)c2)cc(OC)c1OC. The van der Waals surface area contributed by atoms with E-state index in [1.807, 2.05) is 17.0 Å². The zero-order valence-electron chi connectivity index (χ0n) is 26.4. The van der Waals surface area contributed by atoms with Crippen molar-refractivity contribution in [2.45, 2.75) is 32.6 Å². The molecule has 0 saturated heterocycles. The number of benzene rings is 2. The second kappa shape index (κ2) is 16.2. The summed E-state index contributed by atoms with van der Waals surface area (Å²) in [5, 5.41) is 0. The first-order valence-electron chi connectivity index (χ1n) is 13.8. The molecule has 0 radical (unpaired) electrons. The molecule has 0 N–H and O–H groups in total. The quantitative estimate of drug-likeness (QED) is 0.213. The molecule has 3 rings (SSSR count). The van der Waals surface area contributed by atoms with E-state index in [4.69, 9.17) is 37.9 Å². The standard InChI is InChI=1S/C32H40N2O10/c1-20(43-31(35)23-12-25(37-3)29(41-7)26(13-23)38-4)17-34(19-22-10-9-11-33-16-22)18-21(2)44-32(36)24-14-27(39-5)30(42-8)28(15-24)40-6/h9-16,20-21H,17-19H2,1-8H3.